The maximum absolute atomic E-state index is 13.0. The van der Waals surface area contributed by atoms with E-state index >= 15 is 0 Å². The zero-order valence-corrected chi connectivity index (χ0v) is 19.7. The van der Waals surface area contributed by atoms with Gasteiger partial charge in [0, 0.05) is 10.0 Å². The van der Waals surface area contributed by atoms with Crippen molar-refractivity contribution in [1.29, 1.82) is 0 Å². The summed E-state index contributed by atoms with van der Waals surface area (Å²) in [7, 11) is 1.56. The van der Waals surface area contributed by atoms with E-state index in [1.54, 1.807) is 43.7 Å². The number of nitrogens with zero attached hydrogens (tertiary/aromatic N) is 4. The average Bonchev–Trinajstić information content (AvgIpc) is 3.31. The maximum Gasteiger partial charge on any atom is 0.268 e. The van der Waals surface area contributed by atoms with Crippen molar-refractivity contribution in [2.24, 2.45) is 0 Å². The van der Waals surface area contributed by atoms with Gasteiger partial charge in [0.2, 0.25) is 4.96 Å². The fraction of sp³-hybridized carbons (Fsp3) is 0.238. The van der Waals surface area contributed by atoms with E-state index < -0.39 is 5.60 Å². The van der Waals surface area contributed by atoms with Gasteiger partial charge in [-0.25, -0.2) is 0 Å². The van der Waals surface area contributed by atoms with Gasteiger partial charge in [-0.1, -0.05) is 27.3 Å². The topological polar surface area (TPSA) is 90.6 Å². The van der Waals surface area contributed by atoms with Crippen LogP contribution in [0, 0.1) is 6.92 Å². The summed E-state index contributed by atoms with van der Waals surface area (Å²) in [6.45, 7) is 5.27. The van der Waals surface area contributed by atoms with Crippen LogP contribution in [0.15, 0.2) is 46.9 Å². The van der Waals surface area contributed by atoms with Crippen molar-refractivity contribution < 1.29 is 14.3 Å². The number of benzene rings is 2. The molecule has 0 aliphatic rings. The predicted molar refractivity (Wildman–Crippen MR) is 123 cm³/mol. The largest absolute Gasteiger partial charge is 0.495 e. The number of aromatic nitrogens is 4. The molecule has 2 aromatic heterocycles. The molecule has 8 nitrogen and oxygen atoms in total. The number of methoxy groups -OCH3 is 1. The molecule has 0 saturated heterocycles. The third kappa shape index (κ3) is 4.40. The molecule has 1 amide bonds. The summed E-state index contributed by atoms with van der Waals surface area (Å²) < 4.78 is 14.0. The Kier molecular flexibility index (Phi) is 5.67. The van der Waals surface area contributed by atoms with Crippen LogP contribution in [-0.2, 0) is 4.79 Å². The summed E-state index contributed by atoms with van der Waals surface area (Å²) in [5.74, 6) is 1.54. The highest BCUT2D eigenvalue weighted by atomic mass is 79.9. The molecule has 0 atom stereocenters. The normalized spacial score (nSPS) is 11.5. The lowest BCUT2D eigenvalue weighted by Crippen LogP contribution is -2.42. The Morgan fingerprint density at radius 2 is 1.90 bits per heavy atom. The molecular formula is C21H20BrN5O3S. The van der Waals surface area contributed by atoms with Crippen molar-refractivity contribution in [3.05, 3.63) is 52.8 Å². The van der Waals surface area contributed by atoms with Crippen molar-refractivity contribution >= 4 is 43.8 Å². The summed E-state index contributed by atoms with van der Waals surface area (Å²) >= 11 is 4.81. The monoisotopic (exact) mass is 501 g/mol. The summed E-state index contributed by atoms with van der Waals surface area (Å²) in [6, 6.07) is 12.8. The number of ether oxygens (including phenoxy) is 2. The fourth-order valence-corrected chi connectivity index (χ4v) is 4.03. The van der Waals surface area contributed by atoms with Gasteiger partial charge < -0.3 is 14.8 Å². The SMILES string of the molecule is COc1ccc(-c2nn3c(C)nnc3s2)cc1NC(=O)C(C)(C)Oc1ccc(Br)cc1. The molecule has 0 spiro atoms. The van der Waals surface area contributed by atoms with Gasteiger partial charge >= 0.3 is 0 Å². The van der Waals surface area contributed by atoms with E-state index in [1.807, 2.05) is 31.2 Å². The Balaban J connectivity index is 1.59. The second kappa shape index (κ2) is 8.27. The highest BCUT2D eigenvalue weighted by Crippen LogP contribution is 2.33. The highest BCUT2D eigenvalue weighted by molar-refractivity contribution is 9.10. The van der Waals surface area contributed by atoms with Crippen LogP contribution in [0.2, 0.25) is 0 Å². The third-order valence-electron chi connectivity index (χ3n) is 4.57. The molecule has 0 bridgehead atoms. The molecule has 0 radical (unpaired) electrons. The van der Waals surface area contributed by atoms with E-state index in [0.29, 0.717) is 28.0 Å². The molecule has 160 valence electrons. The van der Waals surface area contributed by atoms with Crippen LogP contribution < -0.4 is 14.8 Å². The molecule has 0 fully saturated rings. The second-order valence-corrected chi connectivity index (χ2v) is 9.16. The second-order valence-electron chi connectivity index (χ2n) is 7.28. The zero-order chi connectivity index (χ0) is 22.2. The number of carbonyl (C=O) groups is 1. The van der Waals surface area contributed by atoms with E-state index in [1.165, 1.54) is 11.3 Å². The standard InChI is InChI=1S/C21H20BrN5O3S/c1-12-24-25-20-27(12)26-18(31-20)13-5-10-17(29-4)16(11-13)23-19(28)21(2,3)30-15-8-6-14(22)7-9-15/h5-11H,1-4H3,(H,23,28). The maximum atomic E-state index is 13.0. The fourth-order valence-electron chi connectivity index (χ4n) is 2.89. The number of anilines is 1. The molecule has 4 aromatic rings. The molecule has 0 aliphatic heterocycles. The van der Waals surface area contributed by atoms with Crippen LogP contribution in [0.3, 0.4) is 0 Å². The Morgan fingerprint density at radius 3 is 2.58 bits per heavy atom. The van der Waals surface area contributed by atoms with Crippen molar-refractivity contribution in [3.63, 3.8) is 0 Å². The zero-order valence-electron chi connectivity index (χ0n) is 17.3. The number of amides is 1. The summed E-state index contributed by atoms with van der Waals surface area (Å²) in [5, 5.41) is 16.4. The first-order valence-corrected chi connectivity index (χ1v) is 11.0. The van der Waals surface area contributed by atoms with E-state index in [2.05, 4.69) is 36.5 Å². The van der Waals surface area contributed by atoms with Crippen molar-refractivity contribution in [2.45, 2.75) is 26.4 Å². The van der Waals surface area contributed by atoms with Crippen molar-refractivity contribution in [2.75, 3.05) is 12.4 Å². The number of nitrogens with one attached hydrogen (secondary N) is 1. The van der Waals surface area contributed by atoms with Crippen LogP contribution in [0.1, 0.15) is 19.7 Å². The number of carbonyl (C=O) groups excluding carboxylic acids is 1. The lowest BCUT2D eigenvalue weighted by Gasteiger charge is -2.26. The summed E-state index contributed by atoms with van der Waals surface area (Å²) in [5.41, 5.74) is 0.247. The van der Waals surface area contributed by atoms with Crippen LogP contribution in [0.4, 0.5) is 5.69 Å². The molecule has 1 N–H and O–H groups in total. The number of rotatable bonds is 6. The number of fused-ring (bicyclic) bond motifs is 1. The van der Waals surface area contributed by atoms with Gasteiger partial charge in [0.1, 0.15) is 16.5 Å². The molecule has 31 heavy (non-hydrogen) atoms. The van der Waals surface area contributed by atoms with E-state index in [0.717, 1.165) is 15.0 Å². The molecular weight excluding hydrogens is 482 g/mol. The Labute approximate surface area is 191 Å². The van der Waals surface area contributed by atoms with E-state index in [4.69, 9.17) is 9.47 Å². The minimum atomic E-state index is -1.11. The van der Waals surface area contributed by atoms with Crippen LogP contribution in [0.5, 0.6) is 11.5 Å². The Morgan fingerprint density at radius 1 is 1.16 bits per heavy atom. The number of aryl methyl sites for hydroxylation is 1. The molecule has 10 heteroatoms. The highest BCUT2D eigenvalue weighted by Gasteiger charge is 2.31. The minimum absolute atomic E-state index is 0.306. The van der Waals surface area contributed by atoms with Crippen molar-refractivity contribution in [1.82, 2.24) is 19.8 Å². The van der Waals surface area contributed by atoms with E-state index in [-0.39, 0.29) is 5.91 Å². The van der Waals surface area contributed by atoms with Crippen LogP contribution >= 0.6 is 27.3 Å². The number of halogens is 1. The lowest BCUT2D eigenvalue weighted by molar-refractivity contribution is -0.128. The van der Waals surface area contributed by atoms with Gasteiger partial charge in [0.05, 0.1) is 12.8 Å². The van der Waals surface area contributed by atoms with Crippen molar-refractivity contribution in [3.8, 4) is 22.1 Å². The summed E-state index contributed by atoms with van der Waals surface area (Å²) in [4.78, 5) is 13.7. The minimum Gasteiger partial charge on any atom is -0.495 e. The molecule has 2 heterocycles. The Bertz CT molecular complexity index is 1250. The van der Waals surface area contributed by atoms with Gasteiger partial charge in [-0.2, -0.15) is 9.61 Å². The molecule has 0 saturated carbocycles. The van der Waals surface area contributed by atoms with Gasteiger partial charge in [-0.15, -0.1) is 10.2 Å². The molecule has 0 aliphatic carbocycles. The number of hydrogen-bond donors (Lipinski definition) is 1. The predicted octanol–water partition coefficient (Wildman–Crippen LogP) is 4.73. The van der Waals surface area contributed by atoms with Crippen LogP contribution in [0.25, 0.3) is 15.5 Å². The van der Waals surface area contributed by atoms with Gasteiger partial charge in [-0.3, -0.25) is 4.79 Å². The first-order chi connectivity index (χ1) is 14.8. The van der Waals surface area contributed by atoms with Gasteiger partial charge in [0.15, 0.2) is 11.4 Å². The first kappa shape index (κ1) is 21.3. The number of hydrogen-bond acceptors (Lipinski definition) is 7. The quantitative estimate of drug-likeness (QED) is 0.410. The third-order valence-corrected chi connectivity index (χ3v) is 6.05. The molecule has 2 aromatic carbocycles. The molecule has 0 unspecified atom stereocenters. The Hall–Kier alpha value is -2.98. The average molecular weight is 502 g/mol. The smallest absolute Gasteiger partial charge is 0.268 e. The van der Waals surface area contributed by atoms with Crippen LogP contribution in [-0.4, -0.2) is 38.4 Å². The first-order valence-electron chi connectivity index (χ1n) is 9.40. The van der Waals surface area contributed by atoms with Gasteiger partial charge in [-0.05, 0) is 63.2 Å². The summed E-state index contributed by atoms with van der Waals surface area (Å²) in [6.07, 6.45) is 0. The van der Waals surface area contributed by atoms with E-state index in [9.17, 15) is 4.79 Å². The van der Waals surface area contributed by atoms with Gasteiger partial charge in [0.25, 0.3) is 5.91 Å². The molecule has 4 rings (SSSR count). The lowest BCUT2D eigenvalue weighted by atomic mass is 10.1.